The van der Waals surface area contributed by atoms with Crippen molar-refractivity contribution in [1.29, 1.82) is 0 Å². The van der Waals surface area contributed by atoms with E-state index in [2.05, 4.69) is 4.90 Å². The number of halogens is 1. The second kappa shape index (κ2) is 5.46. The smallest absolute Gasteiger partial charge is 0.105 e. The molecule has 0 saturated heterocycles. The molecule has 0 aliphatic carbocycles. The van der Waals surface area contributed by atoms with Gasteiger partial charge in [0, 0.05) is 29.4 Å². The standard InChI is InChI=1S/C14H17ClN2O/c1-10-11(5-6-18-10)8-17(2)9-12-7-13(16)3-4-14(12)15/h3-7H,8-9,16H2,1-2H3. The van der Waals surface area contributed by atoms with Crippen LogP contribution in [0.3, 0.4) is 0 Å². The molecule has 4 heteroatoms. The lowest BCUT2D eigenvalue weighted by atomic mass is 10.1. The molecule has 0 amide bonds. The summed E-state index contributed by atoms with van der Waals surface area (Å²) in [4.78, 5) is 2.18. The van der Waals surface area contributed by atoms with E-state index in [0.29, 0.717) is 0 Å². The maximum absolute atomic E-state index is 6.15. The van der Waals surface area contributed by atoms with Crippen LogP contribution in [0.15, 0.2) is 34.9 Å². The van der Waals surface area contributed by atoms with Crippen molar-refractivity contribution in [2.75, 3.05) is 12.8 Å². The topological polar surface area (TPSA) is 42.4 Å². The zero-order chi connectivity index (χ0) is 13.1. The molecule has 0 aliphatic rings. The Bertz CT molecular complexity index is 536. The number of aryl methyl sites for hydroxylation is 1. The van der Waals surface area contributed by atoms with Gasteiger partial charge in [0.1, 0.15) is 5.76 Å². The van der Waals surface area contributed by atoms with Crippen LogP contribution in [0, 0.1) is 6.92 Å². The van der Waals surface area contributed by atoms with Crippen molar-refractivity contribution in [3.8, 4) is 0 Å². The quantitative estimate of drug-likeness (QED) is 0.860. The Kier molecular flexibility index (Phi) is 3.94. The minimum atomic E-state index is 0.738. The van der Waals surface area contributed by atoms with Gasteiger partial charge in [0.2, 0.25) is 0 Å². The molecule has 2 aromatic rings. The number of anilines is 1. The van der Waals surface area contributed by atoms with E-state index in [9.17, 15) is 0 Å². The summed E-state index contributed by atoms with van der Waals surface area (Å²) in [7, 11) is 2.05. The highest BCUT2D eigenvalue weighted by molar-refractivity contribution is 6.31. The lowest BCUT2D eigenvalue weighted by molar-refractivity contribution is 0.316. The molecule has 0 saturated carbocycles. The van der Waals surface area contributed by atoms with Gasteiger partial charge in [0.05, 0.1) is 6.26 Å². The van der Waals surface area contributed by atoms with E-state index in [1.807, 2.05) is 38.2 Å². The number of furan rings is 1. The van der Waals surface area contributed by atoms with Gasteiger partial charge in [-0.15, -0.1) is 0 Å². The summed E-state index contributed by atoms with van der Waals surface area (Å²) in [6.45, 7) is 3.55. The summed E-state index contributed by atoms with van der Waals surface area (Å²) in [5.41, 5.74) is 8.74. The van der Waals surface area contributed by atoms with E-state index in [4.69, 9.17) is 21.8 Å². The maximum atomic E-state index is 6.15. The molecule has 0 spiro atoms. The van der Waals surface area contributed by atoms with Crippen molar-refractivity contribution in [2.24, 2.45) is 0 Å². The van der Waals surface area contributed by atoms with Crippen LogP contribution in [0.2, 0.25) is 5.02 Å². The predicted octanol–water partition coefficient (Wildman–Crippen LogP) is 3.46. The van der Waals surface area contributed by atoms with Gasteiger partial charge in [0.15, 0.2) is 0 Å². The summed E-state index contributed by atoms with van der Waals surface area (Å²) in [6.07, 6.45) is 1.71. The summed E-state index contributed by atoms with van der Waals surface area (Å²) in [5.74, 6) is 0.959. The molecule has 0 fully saturated rings. The molecule has 3 nitrogen and oxygen atoms in total. The van der Waals surface area contributed by atoms with Crippen LogP contribution in [0.4, 0.5) is 5.69 Å². The third-order valence-corrected chi connectivity index (χ3v) is 3.29. The van der Waals surface area contributed by atoms with Crippen LogP contribution in [0.1, 0.15) is 16.9 Å². The molecule has 1 heterocycles. The molecule has 1 aromatic heterocycles. The van der Waals surface area contributed by atoms with Crippen LogP contribution in [0.5, 0.6) is 0 Å². The number of hydrogen-bond donors (Lipinski definition) is 1. The van der Waals surface area contributed by atoms with Crippen molar-refractivity contribution < 1.29 is 4.42 Å². The average molecular weight is 265 g/mol. The summed E-state index contributed by atoms with van der Waals surface area (Å²) in [6, 6.07) is 7.56. The minimum absolute atomic E-state index is 0.738. The highest BCUT2D eigenvalue weighted by atomic mass is 35.5. The number of benzene rings is 1. The first-order chi connectivity index (χ1) is 8.56. The first-order valence-electron chi connectivity index (χ1n) is 5.81. The highest BCUT2D eigenvalue weighted by Crippen LogP contribution is 2.21. The van der Waals surface area contributed by atoms with E-state index in [1.54, 1.807) is 6.26 Å². The van der Waals surface area contributed by atoms with Crippen LogP contribution < -0.4 is 5.73 Å². The van der Waals surface area contributed by atoms with Gasteiger partial charge in [-0.2, -0.15) is 0 Å². The Morgan fingerprint density at radius 1 is 1.22 bits per heavy atom. The lowest BCUT2D eigenvalue weighted by Crippen LogP contribution is -2.17. The fourth-order valence-corrected chi connectivity index (χ4v) is 2.11. The number of hydrogen-bond acceptors (Lipinski definition) is 3. The molecule has 2 rings (SSSR count). The SMILES string of the molecule is Cc1occc1CN(C)Cc1cc(N)ccc1Cl. The van der Waals surface area contributed by atoms with Crippen LogP contribution >= 0.6 is 11.6 Å². The summed E-state index contributed by atoms with van der Waals surface area (Å²) >= 11 is 6.15. The van der Waals surface area contributed by atoms with Gasteiger partial charge in [-0.25, -0.2) is 0 Å². The van der Waals surface area contributed by atoms with Crippen molar-refractivity contribution in [2.45, 2.75) is 20.0 Å². The molecule has 0 unspecified atom stereocenters. The van der Waals surface area contributed by atoms with E-state index < -0.39 is 0 Å². The number of nitrogens with two attached hydrogens (primary N) is 1. The zero-order valence-corrected chi connectivity index (χ0v) is 11.4. The van der Waals surface area contributed by atoms with Gasteiger partial charge in [-0.05, 0) is 43.8 Å². The first kappa shape index (κ1) is 13.0. The number of nitrogen functional groups attached to an aromatic ring is 1. The van der Waals surface area contributed by atoms with Gasteiger partial charge in [-0.3, -0.25) is 4.90 Å². The van der Waals surface area contributed by atoms with Crippen molar-refractivity contribution in [3.63, 3.8) is 0 Å². The van der Waals surface area contributed by atoms with E-state index in [0.717, 1.165) is 35.1 Å². The molecular weight excluding hydrogens is 248 g/mol. The Morgan fingerprint density at radius 3 is 2.61 bits per heavy atom. The number of nitrogens with zero attached hydrogens (tertiary/aromatic N) is 1. The lowest BCUT2D eigenvalue weighted by Gasteiger charge is -2.17. The Balaban J connectivity index is 2.05. The van der Waals surface area contributed by atoms with Gasteiger partial charge >= 0.3 is 0 Å². The van der Waals surface area contributed by atoms with Gasteiger partial charge in [0.25, 0.3) is 0 Å². The molecule has 2 N–H and O–H groups in total. The second-order valence-electron chi connectivity index (χ2n) is 4.53. The van der Waals surface area contributed by atoms with Crippen molar-refractivity contribution >= 4 is 17.3 Å². The van der Waals surface area contributed by atoms with Crippen LogP contribution in [-0.4, -0.2) is 11.9 Å². The van der Waals surface area contributed by atoms with Gasteiger partial charge in [-0.1, -0.05) is 11.6 Å². The monoisotopic (exact) mass is 264 g/mol. The van der Waals surface area contributed by atoms with Crippen LogP contribution in [0.25, 0.3) is 0 Å². The highest BCUT2D eigenvalue weighted by Gasteiger charge is 2.08. The molecule has 18 heavy (non-hydrogen) atoms. The normalized spacial score (nSPS) is 11.1. The minimum Gasteiger partial charge on any atom is -0.469 e. The Morgan fingerprint density at radius 2 is 1.94 bits per heavy atom. The molecule has 0 bridgehead atoms. The van der Waals surface area contributed by atoms with Crippen molar-refractivity contribution in [1.82, 2.24) is 4.90 Å². The Hall–Kier alpha value is -1.45. The van der Waals surface area contributed by atoms with Crippen molar-refractivity contribution in [3.05, 3.63) is 52.4 Å². The molecule has 0 atom stereocenters. The third-order valence-electron chi connectivity index (χ3n) is 2.92. The van der Waals surface area contributed by atoms with Crippen LogP contribution in [-0.2, 0) is 13.1 Å². The second-order valence-corrected chi connectivity index (χ2v) is 4.93. The largest absolute Gasteiger partial charge is 0.469 e. The average Bonchev–Trinajstić information content (AvgIpc) is 2.70. The molecule has 0 radical (unpaired) electrons. The zero-order valence-electron chi connectivity index (χ0n) is 10.6. The fraction of sp³-hybridized carbons (Fsp3) is 0.286. The predicted molar refractivity (Wildman–Crippen MR) is 74.5 cm³/mol. The van der Waals surface area contributed by atoms with Gasteiger partial charge < -0.3 is 10.2 Å². The molecule has 0 aliphatic heterocycles. The molecule has 1 aromatic carbocycles. The molecular formula is C14H17ClN2O. The Labute approximate surface area is 112 Å². The fourth-order valence-electron chi connectivity index (χ4n) is 1.93. The molecule has 96 valence electrons. The van der Waals surface area contributed by atoms with E-state index in [1.165, 1.54) is 5.56 Å². The first-order valence-corrected chi connectivity index (χ1v) is 6.19. The summed E-state index contributed by atoms with van der Waals surface area (Å²) in [5, 5.41) is 0.750. The van der Waals surface area contributed by atoms with E-state index >= 15 is 0 Å². The maximum Gasteiger partial charge on any atom is 0.105 e. The number of rotatable bonds is 4. The summed E-state index contributed by atoms with van der Waals surface area (Å²) < 4.78 is 5.29. The third kappa shape index (κ3) is 3.06. The van der Waals surface area contributed by atoms with E-state index in [-0.39, 0.29) is 0 Å².